The van der Waals surface area contributed by atoms with Crippen molar-refractivity contribution >= 4 is 23.0 Å². The molecule has 0 radical (unpaired) electrons. The minimum atomic E-state index is -6.96. The Bertz CT molecular complexity index is 963. The summed E-state index contributed by atoms with van der Waals surface area (Å²) < 4.78 is 162. The highest BCUT2D eigenvalue weighted by Crippen LogP contribution is 2.51. The van der Waals surface area contributed by atoms with Crippen LogP contribution >= 0.6 is 7.60 Å². The molecular weight excluding hydrogens is 523 g/mol. The summed E-state index contributed by atoms with van der Waals surface area (Å²) >= 11 is 0. The minimum absolute atomic E-state index is 0.161. The zero-order chi connectivity index (χ0) is 25.9. The van der Waals surface area contributed by atoms with E-state index in [0.29, 0.717) is 6.07 Å². The monoisotopic (exact) mass is 540 g/mol. The zero-order valence-electron chi connectivity index (χ0n) is 16.9. The first-order valence-electron chi connectivity index (χ1n) is 8.54. The maximum atomic E-state index is 14.0. The summed E-state index contributed by atoms with van der Waals surface area (Å²) in [6.07, 6.45) is -17.8. The Balaban J connectivity index is 3.54. The van der Waals surface area contributed by atoms with E-state index in [1.165, 1.54) is 13.8 Å². The number of ether oxygens (including phenoxy) is 2. The first-order valence-corrected chi connectivity index (χ1v) is 11.5. The fourth-order valence-electron chi connectivity index (χ4n) is 2.02. The molecule has 33 heavy (non-hydrogen) atoms. The van der Waals surface area contributed by atoms with E-state index in [2.05, 4.69) is 8.92 Å². The molecule has 0 aliphatic carbocycles. The van der Waals surface area contributed by atoms with Crippen LogP contribution in [0.3, 0.4) is 0 Å². The van der Waals surface area contributed by atoms with Gasteiger partial charge in [-0.1, -0.05) is 0 Å². The average Bonchev–Trinajstić information content (AvgIpc) is 2.67. The smallest absolute Gasteiger partial charge is 0.471 e. The van der Waals surface area contributed by atoms with E-state index in [1.54, 1.807) is 0 Å². The first-order chi connectivity index (χ1) is 14.9. The number of hydrogen-bond donors (Lipinski definition) is 0. The molecule has 0 amide bonds. The van der Waals surface area contributed by atoms with Crippen LogP contribution in [0.4, 0.5) is 35.1 Å². The van der Waals surface area contributed by atoms with Crippen LogP contribution in [-0.2, 0) is 28.5 Å². The number of rotatable bonds is 13. The van der Waals surface area contributed by atoms with Gasteiger partial charge in [-0.2, -0.15) is 34.8 Å². The van der Waals surface area contributed by atoms with E-state index in [4.69, 9.17) is 13.8 Å². The van der Waals surface area contributed by atoms with Crippen molar-refractivity contribution in [2.45, 2.75) is 37.7 Å². The maximum Gasteiger partial charge on any atom is 0.471 e. The standard InChI is InChI=1S/C15H17F8O8PS/c1-4-28-32(24,29-5-2)11-8-9(27-3)6-7-10(11)30-33(25,26)15(22,23)14(20,21)31-13(18,19)12(16)17/h6-8,12H,4-5H2,1-3H3. The maximum absolute atomic E-state index is 14.0. The molecule has 1 aromatic carbocycles. The van der Waals surface area contributed by atoms with Gasteiger partial charge in [-0.25, -0.2) is 13.5 Å². The summed E-state index contributed by atoms with van der Waals surface area (Å²) in [7, 11) is -10.4. The Kier molecular flexibility index (Phi) is 9.16. The van der Waals surface area contributed by atoms with Crippen molar-refractivity contribution in [1.29, 1.82) is 0 Å². The van der Waals surface area contributed by atoms with E-state index in [-0.39, 0.29) is 19.0 Å². The molecule has 0 fully saturated rings. The fraction of sp³-hybridized carbons (Fsp3) is 0.600. The van der Waals surface area contributed by atoms with Crippen molar-refractivity contribution in [3.05, 3.63) is 18.2 Å². The molecule has 0 atom stereocenters. The molecule has 1 rings (SSSR count). The van der Waals surface area contributed by atoms with Gasteiger partial charge in [0.2, 0.25) is 0 Å². The van der Waals surface area contributed by atoms with Crippen LogP contribution < -0.4 is 14.2 Å². The highest BCUT2D eigenvalue weighted by atomic mass is 32.2. The Morgan fingerprint density at radius 3 is 1.94 bits per heavy atom. The third kappa shape index (κ3) is 6.26. The van der Waals surface area contributed by atoms with Gasteiger partial charge in [0, 0.05) is 0 Å². The molecule has 8 nitrogen and oxygen atoms in total. The molecule has 0 spiro atoms. The third-order valence-electron chi connectivity index (χ3n) is 3.43. The van der Waals surface area contributed by atoms with Crippen LogP contribution in [0.1, 0.15) is 13.8 Å². The van der Waals surface area contributed by atoms with Crippen LogP contribution in [0.5, 0.6) is 11.5 Å². The van der Waals surface area contributed by atoms with Gasteiger partial charge in [0.15, 0.2) is 5.75 Å². The summed E-state index contributed by atoms with van der Waals surface area (Å²) in [6.45, 7) is 1.98. The largest absolute Gasteiger partial charge is 0.497 e. The lowest BCUT2D eigenvalue weighted by molar-refractivity contribution is -0.435. The second-order valence-electron chi connectivity index (χ2n) is 5.70. The molecule has 0 N–H and O–H groups in total. The third-order valence-corrected chi connectivity index (χ3v) is 6.83. The summed E-state index contributed by atoms with van der Waals surface area (Å²) in [5.74, 6) is -1.46. The zero-order valence-corrected chi connectivity index (χ0v) is 18.6. The van der Waals surface area contributed by atoms with Crippen molar-refractivity contribution in [3.8, 4) is 11.5 Å². The normalized spacial score (nSPS) is 13.9. The van der Waals surface area contributed by atoms with Crippen molar-refractivity contribution in [2.75, 3.05) is 20.3 Å². The molecule has 0 aromatic heterocycles. The molecular formula is C15H17F8O8PS. The molecule has 0 bridgehead atoms. The van der Waals surface area contributed by atoms with Gasteiger partial charge in [-0.15, -0.1) is 0 Å². The number of hydrogen-bond acceptors (Lipinski definition) is 8. The summed E-state index contributed by atoms with van der Waals surface area (Å²) in [6, 6.07) is 2.17. The molecule has 192 valence electrons. The number of benzene rings is 1. The lowest BCUT2D eigenvalue weighted by Crippen LogP contribution is -2.54. The lowest BCUT2D eigenvalue weighted by atomic mass is 10.3. The summed E-state index contributed by atoms with van der Waals surface area (Å²) in [5, 5.41) is -7.50. The fourth-order valence-corrected chi connectivity index (χ4v) is 4.60. The molecule has 0 heterocycles. The Labute approximate surface area is 182 Å². The molecule has 0 unspecified atom stereocenters. The molecule has 1 aromatic rings. The van der Waals surface area contributed by atoms with Crippen LogP contribution in [0, 0.1) is 0 Å². The van der Waals surface area contributed by atoms with Gasteiger partial charge in [0.05, 0.1) is 20.3 Å². The van der Waals surface area contributed by atoms with Gasteiger partial charge in [-0.05, 0) is 32.0 Å². The number of halogens is 8. The van der Waals surface area contributed by atoms with Crippen molar-refractivity contribution < 1.29 is 70.8 Å². The minimum Gasteiger partial charge on any atom is -0.497 e. The second kappa shape index (κ2) is 10.3. The van der Waals surface area contributed by atoms with E-state index in [1.807, 2.05) is 0 Å². The van der Waals surface area contributed by atoms with Gasteiger partial charge < -0.3 is 18.0 Å². The quantitative estimate of drug-likeness (QED) is 0.207. The lowest BCUT2D eigenvalue weighted by Gasteiger charge is -2.28. The van der Waals surface area contributed by atoms with Gasteiger partial charge in [-0.3, -0.25) is 4.57 Å². The van der Waals surface area contributed by atoms with E-state index in [9.17, 15) is 48.1 Å². The molecule has 0 aliphatic rings. The molecule has 0 saturated heterocycles. The van der Waals surface area contributed by atoms with Crippen molar-refractivity contribution in [1.82, 2.24) is 0 Å². The van der Waals surface area contributed by atoms with E-state index >= 15 is 0 Å². The number of methoxy groups -OCH3 is 1. The molecule has 18 heteroatoms. The van der Waals surface area contributed by atoms with Crippen LogP contribution in [0.15, 0.2) is 18.2 Å². The Morgan fingerprint density at radius 2 is 1.52 bits per heavy atom. The van der Waals surface area contributed by atoms with Gasteiger partial charge in [0.25, 0.3) is 0 Å². The number of alkyl halides is 8. The van der Waals surface area contributed by atoms with Crippen LogP contribution in [0.2, 0.25) is 0 Å². The predicted octanol–water partition coefficient (Wildman–Crippen LogP) is 4.36. The van der Waals surface area contributed by atoms with Crippen LogP contribution in [0.25, 0.3) is 0 Å². The molecule has 0 saturated carbocycles. The summed E-state index contributed by atoms with van der Waals surface area (Å²) in [5.41, 5.74) is 0. The van der Waals surface area contributed by atoms with Crippen molar-refractivity contribution in [2.24, 2.45) is 0 Å². The first kappa shape index (κ1) is 29.4. The second-order valence-corrected chi connectivity index (χ2v) is 9.28. The highest BCUT2D eigenvalue weighted by molar-refractivity contribution is 7.88. The predicted molar refractivity (Wildman–Crippen MR) is 95.0 cm³/mol. The summed E-state index contributed by atoms with van der Waals surface area (Å²) in [4.78, 5) is 0. The van der Waals surface area contributed by atoms with E-state index in [0.717, 1.165) is 19.2 Å². The molecule has 0 aliphatic heterocycles. The van der Waals surface area contributed by atoms with Crippen molar-refractivity contribution in [3.63, 3.8) is 0 Å². The topological polar surface area (TPSA) is 97.4 Å². The van der Waals surface area contributed by atoms with E-state index < -0.39 is 52.7 Å². The Hall–Kier alpha value is -1.68. The van der Waals surface area contributed by atoms with Gasteiger partial charge >= 0.3 is 41.6 Å². The Morgan fingerprint density at radius 1 is 1.00 bits per heavy atom. The van der Waals surface area contributed by atoms with Crippen LogP contribution in [-0.4, -0.2) is 52.6 Å². The highest BCUT2D eigenvalue weighted by Gasteiger charge is 2.73. The average molecular weight is 540 g/mol. The SMILES string of the molecule is CCOP(=O)(OCC)c1cc(OC)ccc1OS(=O)(=O)C(F)(F)C(F)(F)OC(F)(F)C(F)F. The van der Waals surface area contributed by atoms with Gasteiger partial charge in [0.1, 0.15) is 11.1 Å².